The lowest BCUT2D eigenvalue weighted by Gasteiger charge is -2.34. The molecule has 0 saturated heterocycles. The SMILES string of the molecule is CC(C)(C(=O)NC(CCO)C1CC1)N1C(=O)c2ccccc2C1=O. The number of nitrogens with one attached hydrogen (secondary N) is 1. The molecule has 128 valence electrons. The normalized spacial score (nSPS) is 18.5. The zero-order valence-electron chi connectivity index (χ0n) is 13.9. The average Bonchev–Trinajstić information content (AvgIpc) is 3.35. The summed E-state index contributed by atoms with van der Waals surface area (Å²) in [6, 6.07) is 6.48. The minimum absolute atomic E-state index is 0.00507. The van der Waals surface area contributed by atoms with Gasteiger partial charge in [-0.15, -0.1) is 0 Å². The maximum Gasteiger partial charge on any atom is 0.262 e. The molecule has 1 saturated carbocycles. The van der Waals surface area contributed by atoms with Crippen molar-refractivity contribution in [3.05, 3.63) is 35.4 Å². The summed E-state index contributed by atoms with van der Waals surface area (Å²) >= 11 is 0. The quantitative estimate of drug-likeness (QED) is 0.771. The molecule has 1 aliphatic carbocycles. The molecule has 1 aliphatic heterocycles. The third-order valence-electron chi connectivity index (χ3n) is 4.86. The molecule has 0 bridgehead atoms. The van der Waals surface area contributed by atoms with Crippen LogP contribution in [0.3, 0.4) is 0 Å². The molecule has 3 amide bonds. The van der Waals surface area contributed by atoms with E-state index in [9.17, 15) is 19.5 Å². The molecule has 1 fully saturated rings. The predicted octanol–water partition coefficient (Wildman–Crippen LogP) is 1.34. The van der Waals surface area contributed by atoms with Crippen LogP contribution in [0, 0.1) is 5.92 Å². The molecule has 1 unspecified atom stereocenters. The summed E-state index contributed by atoms with van der Waals surface area (Å²) in [6.07, 6.45) is 2.53. The van der Waals surface area contributed by atoms with Gasteiger partial charge in [0.25, 0.3) is 11.8 Å². The van der Waals surface area contributed by atoms with Crippen molar-refractivity contribution in [2.75, 3.05) is 6.61 Å². The molecule has 2 aliphatic rings. The van der Waals surface area contributed by atoms with E-state index < -0.39 is 17.4 Å². The number of aliphatic hydroxyl groups excluding tert-OH is 1. The minimum Gasteiger partial charge on any atom is -0.396 e. The van der Waals surface area contributed by atoms with Gasteiger partial charge in [0.15, 0.2) is 0 Å². The summed E-state index contributed by atoms with van der Waals surface area (Å²) < 4.78 is 0. The number of aliphatic hydroxyl groups is 1. The standard InChI is InChI=1S/C18H22N2O4/c1-18(2,17(24)19-14(9-10-21)11-7-8-11)20-15(22)12-5-3-4-6-13(12)16(20)23/h3-6,11,14,21H,7-10H2,1-2H3,(H,19,24). The fourth-order valence-corrected chi connectivity index (χ4v) is 3.21. The highest BCUT2D eigenvalue weighted by Gasteiger charge is 2.48. The van der Waals surface area contributed by atoms with E-state index in [0.717, 1.165) is 17.7 Å². The van der Waals surface area contributed by atoms with Crippen LogP contribution in [0.5, 0.6) is 0 Å². The van der Waals surface area contributed by atoms with Crippen LogP contribution >= 0.6 is 0 Å². The van der Waals surface area contributed by atoms with Crippen molar-refractivity contribution < 1.29 is 19.5 Å². The summed E-state index contributed by atoms with van der Waals surface area (Å²) in [5.41, 5.74) is -0.634. The highest BCUT2D eigenvalue weighted by atomic mass is 16.3. The van der Waals surface area contributed by atoms with E-state index in [0.29, 0.717) is 23.5 Å². The minimum atomic E-state index is -1.30. The molecule has 0 aromatic heterocycles. The van der Waals surface area contributed by atoms with Crippen LogP contribution in [0.25, 0.3) is 0 Å². The predicted molar refractivity (Wildman–Crippen MR) is 87.4 cm³/mol. The number of imide groups is 1. The molecular weight excluding hydrogens is 308 g/mol. The summed E-state index contributed by atoms with van der Waals surface area (Å²) in [6.45, 7) is 3.15. The lowest BCUT2D eigenvalue weighted by atomic mass is 9.99. The highest BCUT2D eigenvalue weighted by molar-refractivity contribution is 6.23. The van der Waals surface area contributed by atoms with E-state index in [1.54, 1.807) is 38.1 Å². The molecule has 0 spiro atoms. The van der Waals surface area contributed by atoms with Crippen LogP contribution in [-0.2, 0) is 4.79 Å². The van der Waals surface area contributed by atoms with Crippen LogP contribution in [0.2, 0.25) is 0 Å². The Kier molecular flexibility index (Phi) is 4.17. The fraction of sp³-hybridized carbons (Fsp3) is 0.500. The van der Waals surface area contributed by atoms with E-state index in [2.05, 4.69) is 5.32 Å². The lowest BCUT2D eigenvalue weighted by Crippen LogP contribution is -2.59. The van der Waals surface area contributed by atoms with Gasteiger partial charge in [-0.2, -0.15) is 0 Å². The maximum atomic E-state index is 12.8. The Labute approximate surface area is 140 Å². The molecular formula is C18H22N2O4. The van der Waals surface area contributed by atoms with Gasteiger partial charge in [0.1, 0.15) is 5.54 Å². The number of nitrogens with zero attached hydrogens (tertiary/aromatic N) is 1. The second kappa shape index (κ2) is 6.02. The molecule has 24 heavy (non-hydrogen) atoms. The molecule has 6 heteroatoms. The number of benzene rings is 1. The second-order valence-corrected chi connectivity index (χ2v) is 6.98. The summed E-state index contributed by atoms with van der Waals surface area (Å²) in [4.78, 5) is 39.0. The topological polar surface area (TPSA) is 86.7 Å². The van der Waals surface area contributed by atoms with Gasteiger partial charge < -0.3 is 10.4 Å². The van der Waals surface area contributed by atoms with Crippen molar-refractivity contribution in [2.45, 2.75) is 44.7 Å². The molecule has 0 radical (unpaired) electrons. The summed E-state index contributed by atoms with van der Waals surface area (Å²) in [5.74, 6) is -0.886. The first-order valence-corrected chi connectivity index (χ1v) is 8.27. The first kappa shape index (κ1) is 16.6. The Bertz CT molecular complexity index is 659. The number of carbonyl (C=O) groups excluding carboxylic acids is 3. The summed E-state index contributed by atoms with van der Waals surface area (Å²) in [5, 5.41) is 12.1. The second-order valence-electron chi connectivity index (χ2n) is 6.98. The third-order valence-corrected chi connectivity index (χ3v) is 4.86. The Balaban J connectivity index is 1.81. The Morgan fingerprint density at radius 1 is 1.25 bits per heavy atom. The number of hydrogen-bond donors (Lipinski definition) is 2. The first-order chi connectivity index (χ1) is 11.4. The van der Waals surface area contributed by atoms with E-state index in [-0.39, 0.29) is 18.6 Å². The maximum absolute atomic E-state index is 12.8. The van der Waals surface area contributed by atoms with Crippen LogP contribution in [0.1, 0.15) is 53.8 Å². The van der Waals surface area contributed by atoms with Crippen molar-refractivity contribution in [3.8, 4) is 0 Å². The number of amides is 3. The Morgan fingerprint density at radius 2 is 1.79 bits per heavy atom. The van der Waals surface area contributed by atoms with Crippen LogP contribution in [-0.4, -0.2) is 45.9 Å². The van der Waals surface area contributed by atoms with Gasteiger partial charge in [0.05, 0.1) is 11.1 Å². The van der Waals surface area contributed by atoms with Crippen LogP contribution < -0.4 is 5.32 Å². The van der Waals surface area contributed by atoms with Gasteiger partial charge in [0.2, 0.25) is 5.91 Å². The molecule has 1 aromatic carbocycles. The van der Waals surface area contributed by atoms with E-state index >= 15 is 0 Å². The molecule has 6 nitrogen and oxygen atoms in total. The lowest BCUT2D eigenvalue weighted by molar-refractivity contribution is -0.130. The van der Waals surface area contributed by atoms with Gasteiger partial charge in [-0.05, 0) is 51.2 Å². The van der Waals surface area contributed by atoms with E-state index in [4.69, 9.17) is 0 Å². The molecule has 2 N–H and O–H groups in total. The van der Waals surface area contributed by atoms with Crippen molar-refractivity contribution in [1.82, 2.24) is 10.2 Å². The fourth-order valence-electron chi connectivity index (χ4n) is 3.21. The molecule has 1 heterocycles. The monoisotopic (exact) mass is 330 g/mol. The van der Waals surface area contributed by atoms with Gasteiger partial charge >= 0.3 is 0 Å². The third kappa shape index (κ3) is 2.71. The Morgan fingerprint density at radius 3 is 2.25 bits per heavy atom. The van der Waals surface area contributed by atoms with Crippen LogP contribution in [0.4, 0.5) is 0 Å². The average molecular weight is 330 g/mol. The number of fused-ring (bicyclic) bond motifs is 1. The first-order valence-electron chi connectivity index (χ1n) is 8.27. The zero-order chi connectivity index (χ0) is 17.5. The number of hydrogen-bond acceptors (Lipinski definition) is 4. The van der Waals surface area contributed by atoms with Gasteiger partial charge in [-0.3, -0.25) is 19.3 Å². The summed E-state index contributed by atoms with van der Waals surface area (Å²) in [7, 11) is 0. The van der Waals surface area contributed by atoms with Crippen molar-refractivity contribution in [2.24, 2.45) is 5.92 Å². The highest BCUT2D eigenvalue weighted by Crippen LogP contribution is 2.35. The van der Waals surface area contributed by atoms with Gasteiger partial charge in [-0.1, -0.05) is 12.1 Å². The van der Waals surface area contributed by atoms with Gasteiger partial charge in [-0.25, -0.2) is 0 Å². The van der Waals surface area contributed by atoms with Gasteiger partial charge in [0, 0.05) is 12.6 Å². The van der Waals surface area contributed by atoms with Crippen molar-refractivity contribution in [1.29, 1.82) is 0 Å². The number of rotatable bonds is 6. The smallest absolute Gasteiger partial charge is 0.262 e. The van der Waals surface area contributed by atoms with Crippen molar-refractivity contribution in [3.63, 3.8) is 0 Å². The largest absolute Gasteiger partial charge is 0.396 e. The number of carbonyl (C=O) groups is 3. The van der Waals surface area contributed by atoms with Crippen LogP contribution in [0.15, 0.2) is 24.3 Å². The molecule has 3 rings (SSSR count). The zero-order valence-corrected chi connectivity index (χ0v) is 13.9. The van der Waals surface area contributed by atoms with Crippen molar-refractivity contribution >= 4 is 17.7 Å². The Hall–Kier alpha value is -2.21. The molecule has 1 aromatic rings. The van der Waals surface area contributed by atoms with E-state index in [1.807, 2.05) is 0 Å². The molecule has 1 atom stereocenters. The van der Waals surface area contributed by atoms with E-state index in [1.165, 1.54) is 0 Å².